The number of thiazole rings is 1. The Balaban J connectivity index is 2.05. The SMILES string of the molecule is CC(C)N(C)CCNCc1cscn1. The fourth-order valence-corrected chi connectivity index (χ4v) is 1.61. The monoisotopic (exact) mass is 213 g/mol. The number of nitrogens with zero attached hydrogens (tertiary/aromatic N) is 2. The molecule has 0 spiro atoms. The van der Waals surface area contributed by atoms with Gasteiger partial charge in [-0.25, -0.2) is 4.98 Å². The average Bonchev–Trinajstić information content (AvgIpc) is 2.64. The van der Waals surface area contributed by atoms with Crippen LogP contribution in [0.5, 0.6) is 0 Å². The van der Waals surface area contributed by atoms with E-state index in [1.54, 1.807) is 11.3 Å². The van der Waals surface area contributed by atoms with Gasteiger partial charge in [-0.1, -0.05) is 0 Å². The summed E-state index contributed by atoms with van der Waals surface area (Å²) >= 11 is 1.65. The summed E-state index contributed by atoms with van der Waals surface area (Å²) in [5.41, 5.74) is 3.01. The van der Waals surface area contributed by atoms with Crippen LogP contribution in [0.1, 0.15) is 19.5 Å². The van der Waals surface area contributed by atoms with Crippen molar-refractivity contribution in [3.63, 3.8) is 0 Å². The van der Waals surface area contributed by atoms with Gasteiger partial charge in [-0.15, -0.1) is 11.3 Å². The van der Waals surface area contributed by atoms with Gasteiger partial charge < -0.3 is 10.2 Å². The summed E-state index contributed by atoms with van der Waals surface area (Å²) in [6.45, 7) is 7.41. The number of likely N-dealkylation sites (N-methyl/N-ethyl adjacent to an activating group) is 1. The molecule has 0 aliphatic carbocycles. The number of hydrogen-bond donors (Lipinski definition) is 1. The Morgan fingerprint density at radius 3 is 2.93 bits per heavy atom. The molecule has 3 nitrogen and oxygen atoms in total. The van der Waals surface area contributed by atoms with Crippen LogP contribution in [-0.2, 0) is 6.54 Å². The summed E-state index contributed by atoms with van der Waals surface area (Å²) in [4.78, 5) is 6.54. The zero-order valence-corrected chi connectivity index (χ0v) is 9.97. The van der Waals surface area contributed by atoms with Gasteiger partial charge in [0.2, 0.25) is 0 Å². The maximum Gasteiger partial charge on any atom is 0.0795 e. The highest BCUT2D eigenvalue weighted by Crippen LogP contribution is 1.99. The Bertz CT molecular complexity index is 234. The molecule has 1 rings (SSSR count). The Labute approximate surface area is 90.2 Å². The molecule has 0 aliphatic rings. The third kappa shape index (κ3) is 4.17. The van der Waals surface area contributed by atoms with Crippen molar-refractivity contribution in [2.24, 2.45) is 0 Å². The molecule has 0 saturated heterocycles. The van der Waals surface area contributed by atoms with Gasteiger partial charge in [-0.2, -0.15) is 0 Å². The zero-order chi connectivity index (χ0) is 10.4. The minimum Gasteiger partial charge on any atom is -0.310 e. The van der Waals surface area contributed by atoms with Crippen LogP contribution in [0.2, 0.25) is 0 Å². The summed E-state index contributed by atoms with van der Waals surface area (Å²) in [7, 11) is 2.15. The third-order valence-electron chi connectivity index (χ3n) is 2.31. The average molecular weight is 213 g/mol. The van der Waals surface area contributed by atoms with E-state index < -0.39 is 0 Å². The van der Waals surface area contributed by atoms with E-state index in [1.807, 2.05) is 5.51 Å². The first kappa shape index (κ1) is 11.6. The quantitative estimate of drug-likeness (QED) is 0.727. The lowest BCUT2D eigenvalue weighted by atomic mass is 10.3. The molecule has 1 N–H and O–H groups in total. The predicted molar refractivity (Wildman–Crippen MR) is 61.6 cm³/mol. The second-order valence-electron chi connectivity index (χ2n) is 3.73. The Hall–Kier alpha value is -0.450. The third-order valence-corrected chi connectivity index (χ3v) is 2.95. The van der Waals surface area contributed by atoms with Crippen LogP contribution in [0.15, 0.2) is 10.9 Å². The van der Waals surface area contributed by atoms with E-state index in [-0.39, 0.29) is 0 Å². The Kier molecular flexibility index (Phi) is 5.07. The van der Waals surface area contributed by atoms with E-state index in [0.29, 0.717) is 6.04 Å². The number of nitrogens with one attached hydrogen (secondary N) is 1. The second kappa shape index (κ2) is 6.11. The smallest absolute Gasteiger partial charge is 0.0795 e. The summed E-state index contributed by atoms with van der Waals surface area (Å²) in [5, 5.41) is 5.46. The van der Waals surface area contributed by atoms with Crippen molar-refractivity contribution >= 4 is 11.3 Å². The lowest BCUT2D eigenvalue weighted by molar-refractivity contribution is 0.273. The van der Waals surface area contributed by atoms with Crippen LogP contribution in [0.3, 0.4) is 0 Å². The molecule has 1 aromatic rings. The maximum absolute atomic E-state index is 4.21. The number of rotatable bonds is 6. The molecule has 1 aromatic heterocycles. The molecule has 80 valence electrons. The molecule has 4 heteroatoms. The number of hydrogen-bond acceptors (Lipinski definition) is 4. The molecule has 0 unspecified atom stereocenters. The van der Waals surface area contributed by atoms with Crippen molar-refractivity contribution in [1.82, 2.24) is 15.2 Å². The minimum absolute atomic E-state index is 0.621. The minimum atomic E-state index is 0.621. The van der Waals surface area contributed by atoms with Gasteiger partial charge in [0.15, 0.2) is 0 Å². The van der Waals surface area contributed by atoms with E-state index in [0.717, 1.165) is 25.3 Å². The van der Waals surface area contributed by atoms with Gasteiger partial charge in [0.05, 0.1) is 11.2 Å². The first-order chi connectivity index (χ1) is 6.70. The molecule has 1 heterocycles. The lowest BCUT2D eigenvalue weighted by Crippen LogP contribution is -2.33. The standard InChI is InChI=1S/C10H19N3S/c1-9(2)13(3)5-4-11-6-10-7-14-8-12-10/h7-9,11H,4-6H2,1-3H3. The predicted octanol–water partition coefficient (Wildman–Crippen LogP) is 1.57. The van der Waals surface area contributed by atoms with Gasteiger partial charge in [0.25, 0.3) is 0 Å². The highest BCUT2D eigenvalue weighted by molar-refractivity contribution is 7.07. The van der Waals surface area contributed by atoms with E-state index in [2.05, 4.69) is 41.5 Å². The van der Waals surface area contributed by atoms with Crippen LogP contribution < -0.4 is 5.32 Å². The normalized spacial score (nSPS) is 11.5. The van der Waals surface area contributed by atoms with E-state index >= 15 is 0 Å². The van der Waals surface area contributed by atoms with Gasteiger partial charge in [-0.3, -0.25) is 0 Å². The first-order valence-corrected chi connectivity index (χ1v) is 5.92. The van der Waals surface area contributed by atoms with Gasteiger partial charge in [-0.05, 0) is 20.9 Å². The Morgan fingerprint density at radius 1 is 1.57 bits per heavy atom. The van der Waals surface area contributed by atoms with E-state index in [4.69, 9.17) is 0 Å². The molecule has 14 heavy (non-hydrogen) atoms. The van der Waals surface area contributed by atoms with Crippen molar-refractivity contribution in [3.8, 4) is 0 Å². The van der Waals surface area contributed by atoms with E-state index in [9.17, 15) is 0 Å². The molecule has 0 radical (unpaired) electrons. The summed E-state index contributed by atoms with van der Waals surface area (Å²) in [6.07, 6.45) is 0. The molecule has 0 saturated carbocycles. The van der Waals surface area contributed by atoms with E-state index in [1.165, 1.54) is 0 Å². The van der Waals surface area contributed by atoms with Crippen LogP contribution in [-0.4, -0.2) is 36.1 Å². The topological polar surface area (TPSA) is 28.2 Å². The first-order valence-electron chi connectivity index (χ1n) is 4.98. The fourth-order valence-electron chi connectivity index (χ4n) is 1.05. The molecule has 0 bridgehead atoms. The molecule has 0 fully saturated rings. The van der Waals surface area contributed by atoms with Crippen LogP contribution in [0, 0.1) is 0 Å². The zero-order valence-electron chi connectivity index (χ0n) is 9.16. The summed E-state index contributed by atoms with van der Waals surface area (Å²) in [6, 6.07) is 0.621. The molecular weight excluding hydrogens is 194 g/mol. The maximum atomic E-state index is 4.21. The van der Waals surface area contributed by atoms with Crippen molar-refractivity contribution in [2.45, 2.75) is 26.4 Å². The van der Waals surface area contributed by atoms with Gasteiger partial charge in [0, 0.05) is 31.1 Å². The van der Waals surface area contributed by atoms with Crippen LogP contribution in [0.25, 0.3) is 0 Å². The largest absolute Gasteiger partial charge is 0.310 e. The lowest BCUT2D eigenvalue weighted by Gasteiger charge is -2.20. The van der Waals surface area contributed by atoms with Crippen molar-refractivity contribution < 1.29 is 0 Å². The number of aromatic nitrogens is 1. The fraction of sp³-hybridized carbons (Fsp3) is 0.700. The molecular formula is C10H19N3S. The molecule has 0 aromatic carbocycles. The summed E-state index contributed by atoms with van der Waals surface area (Å²) in [5.74, 6) is 0. The van der Waals surface area contributed by atoms with Crippen LogP contribution >= 0.6 is 11.3 Å². The summed E-state index contributed by atoms with van der Waals surface area (Å²) < 4.78 is 0. The molecule has 0 amide bonds. The second-order valence-corrected chi connectivity index (χ2v) is 4.45. The van der Waals surface area contributed by atoms with Crippen molar-refractivity contribution in [1.29, 1.82) is 0 Å². The van der Waals surface area contributed by atoms with Crippen LogP contribution in [0.4, 0.5) is 0 Å². The Morgan fingerprint density at radius 2 is 2.36 bits per heavy atom. The highest BCUT2D eigenvalue weighted by Gasteiger charge is 2.01. The van der Waals surface area contributed by atoms with Gasteiger partial charge >= 0.3 is 0 Å². The highest BCUT2D eigenvalue weighted by atomic mass is 32.1. The van der Waals surface area contributed by atoms with Crippen molar-refractivity contribution in [2.75, 3.05) is 20.1 Å². The molecule has 0 atom stereocenters. The molecule has 0 aliphatic heterocycles. The van der Waals surface area contributed by atoms with Crippen molar-refractivity contribution in [3.05, 3.63) is 16.6 Å². The van der Waals surface area contributed by atoms with Gasteiger partial charge in [0.1, 0.15) is 0 Å².